The molecule has 35 heavy (non-hydrogen) atoms. The number of methoxy groups -OCH3 is 2. The summed E-state index contributed by atoms with van der Waals surface area (Å²) in [7, 11) is 2.48. The molecule has 0 aliphatic rings. The van der Waals surface area contributed by atoms with Gasteiger partial charge in [0.2, 0.25) is 5.91 Å². The van der Waals surface area contributed by atoms with Gasteiger partial charge in [0.05, 0.1) is 25.5 Å². The molecule has 1 amide bonds. The second kappa shape index (κ2) is 12.1. The van der Waals surface area contributed by atoms with Crippen LogP contribution in [-0.4, -0.2) is 32.3 Å². The van der Waals surface area contributed by atoms with Crippen LogP contribution < -0.4 is 15.4 Å². The summed E-state index contributed by atoms with van der Waals surface area (Å²) in [5, 5.41) is 5.68. The molecule has 8 nitrogen and oxygen atoms in total. The van der Waals surface area contributed by atoms with Crippen LogP contribution in [0.2, 0.25) is 0 Å². The molecule has 1 rings (SSSR count). The standard InChI is InChI=1S/C27H36N2O6/c1-11-17(24(31)33-9)20(12-2)28-14-13-23(30)29-21-16-22(35-25(32)34-10)19(27(6,7)8)15-18(21)26(3,4)5/h11-16,28H,1-2H2,3-10H3,(H,29,30)/b14-13+,20-17-. The van der Waals surface area contributed by atoms with Gasteiger partial charge in [0.1, 0.15) is 5.75 Å². The molecule has 1 aromatic carbocycles. The summed E-state index contributed by atoms with van der Waals surface area (Å²) in [4.78, 5) is 36.4. The van der Waals surface area contributed by atoms with Crippen LogP contribution in [0.1, 0.15) is 52.7 Å². The average Bonchev–Trinajstić information content (AvgIpc) is 2.76. The Morgan fingerprint density at radius 1 is 0.886 bits per heavy atom. The van der Waals surface area contributed by atoms with Crippen molar-refractivity contribution in [2.45, 2.75) is 52.4 Å². The number of amides is 1. The summed E-state index contributed by atoms with van der Waals surface area (Å²) < 4.78 is 14.8. The monoisotopic (exact) mass is 484 g/mol. The molecule has 1 aromatic rings. The van der Waals surface area contributed by atoms with Crippen LogP contribution in [0.15, 0.2) is 61.0 Å². The number of carbonyl (C=O) groups is 3. The minimum Gasteiger partial charge on any atom is -0.465 e. The van der Waals surface area contributed by atoms with Crippen molar-refractivity contribution in [3.8, 4) is 5.75 Å². The van der Waals surface area contributed by atoms with Crippen molar-refractivity contribution >= 4 is 23.7 Å². The Hall–Kier alpha value is -3.81. The van der Waals surface area contributed by atoms with Gasteiger partial charge in [0, 0.05) is 29.6 Å². The first-order chi connectivity index (χ1) is 16.2. The Balaban J connectivity index is 3.38. The molecule has 0 aliphatic carbocycles. The van der Waals surface area contributed by atoms with Crippen molar-refractivity contribution < 1.29 is 28.6 Å². The van der Waals surface area contributed by atoms with E-state index in [0.717, 1.165) is 11.1 Å². The maximum Gasteiger partial charge on any atom is 0.513 e. The minimum atomic E-state index is -0.854. The average molecular weight is 485 g/mol. The van der Waals surface area contributed by atoms with Crippen LogP contribution in [0.5, 0.6) is 5.75 Å². The van der Waals surface area contributed by atoms with Gasteiger partial charge >= 0.3 is 12.1 Å². The SMILES string of the molecule is C=C/C(N/C=C/C(=O)Nc1cc(OC(=O)OC)c(C(C)(C)C)cc1C(C)(C)C)=C(\C=C)C(=O)OC. The first-order valence-corrected chi connectivity index (χ1v) is 11.0. The van der Waals surface area contributed by atoms with Crippen LogP contribution >= 0.6 is 0 Å². The van der Waals surface area contributed by atoms with Gasteiger partial charge in [-0.2, -0.15) is 0 Å². The van der Waals surface area contributed by atoms with E-state index in [2.05, 4.69) is 28.5 Å². The summed E-state index contributed by atoms with van der Waals surface area (Å²) in [5.41, 5.74) is 1.97. The molecule has 0 atom stereocenters. The molecule has 0 saturated heterocycles. The van der Waals surface area contributed by atoms with Crippen molar-refractivity contribution in [3.05, 3.63) is 72.1 Å². The van der Waals surface area contributed by atoms with Crippen LogP contribution in [0.4, 0.5) is 10.5 Å². The molecular formula is C27H36N2O6. The predicted octanol–water partition coefficient (Wildman–Crippen LogP) is 5.27. The van der Waals surface area contributed by atoms with E-state index in [4.69, 9.17) is 9.47 Å². The lowest BCUT2D eigenvalue weighted by Gasteiger charge is -2.29. The first-order valence-electron chi connectivity index (χ1n) is 11.0. The quantitative estimate of drug-likeness (QED) is 0.224. The number of carbonyl (C=O) groups excluding carboxylic acids is 3. The topological polar surface area (TPSA) is 103 Å². The fourth-order valence-corrected chi connectivity index (χ4v) is 3.15. The largest absolute Gasteiger partial charge is 0.513 e. The van der Waals surface area contributed by atoms with Crippen LogP contribution in [-0.2, 0) is 29.9 Å². The highest BCUT2D eigenvalue weighted by Crippen LogP contribution is 2.40. The fourth-order valence-electron chi connectivity index (χ4n) is 3.15. The van der Waals surface area contributed by atoms with Gasteiger partial charge in [-0.15, -0.1) is 0 Å². The molecule has 0 fully saturated rings. The predicted molar refractivity (Wildman–Crippen MR) is 137 cm³/mol. The lowest BCUT2D eigenvalue weighted by atomic mass is 9.79. The number of allylic oxidation sites excluding steroid dienone is 1. The summed E-state index contributed by atoms with van der Waals surface area (Å²) in [6, 6.07) is 3.56. The van der Waals surface area contributed by atoms with E-state index in [9.17, 15) is 14.4 Å². The molecule has 2 N–H and O–H groups in total. The van der Waals surface area contributed by atoms with Crippen molar-refractivity contribution in [1.29, 1.82) is 0 Å². The Kier molecular flexibility index (Phi) is 10.1. The molecule has 0 bridgehead atoms. The Bertz CT molecular complexity index is 1050. The number of benzene rings is 1. The zero-order chi connectivity index (χ0) is 27.0. The van der Waals surface area contributed by atoms with Crippen LogP contribution in [0.3, 0.4) is 0 Å². The van der Waals surface area contributed by atoms with E-state index >= 15 is 0 Å². The minimum absolute atomic E-state index is 0.171. The molecule has 0 aromatic heterocycles. The third kappa shape index (κ3) is 8.17. The molecule has 0 unspecified atom stereocenters. The van der Waals surface area contributed by atoms with E-state index in [-0.39, 0.29) is 16.4 Å². The van der Waals surface area contributed by atoms with Gasteiger partial charge in [-0.3, -0.25) is 4.79 Å². The molecule has 0 spiro atoms. The van der Waals surface area contributed by atoms with Gasteiger partial charge in [0.25, 0.3) is 0 Å². The van der Waals surface area contributed by atoms with Crippen LogP contribution in [0, 0.1) is 0 Å². The third-order valence-corrected chi connectivity index (χ3v) is 4.93. The van der Waals surface area contributed by atoms with Crippen molar-refractivity contribution in [3.63, 3.8) is 0 Å². The lowest BCUT2D eigenvalue weighted by Crippen LogP contribution is -2.22. The molecule has 0 saturated carbocycles. The zero-order valence-electron chi connectivity index (χ0n) is 21.8. The summed E-state index contributed by atoms with van der Waals surface area (Å²) in [6.07, 6.45) is 4.51. The molecule has 0 aliphatic heterocycles. The van der Waals surface area contributed by atoms with E-state index in [1.807, 2.05) is 47.6 Å². The second-order valence-corrected chi connectivity index (χ2v) is 9.64. The normalized spacial score (nSPS) is 12.3. The van der Waals surface area contributed by atoms with Gasteiger partial charge in [0.15, 0.2) is 0 Å². The van der Waals surface area contributed by atoms with E-state index in [1.165, 1.54) is 38.6 Å². The molecule has 8 heteroatoms. The van der Waals surface area contributed by atoms with Crippen molar-refractivity contribution in [1.82, 2.24) is 5.32 Å². The zero-order valence-corrected chi connectivity index (χ0v) is 21.8. The number of ether oxygens (including phenoxy) is 3. The Labute approximate surface area is 207 Å². The first kappa shape index (κ1) is 29.2. The Morgan fingerprint density at radius 2 is 1.49 bits per heavy atom. The number of esters is 1. The van der Waals surface area contributed by atoms with Gasteiger partial charge < -0.3 is 24.8 Å². The molecular weight excluding hydrogens is 448 g/mol. The number of hydrogen-bond donors (Lipinski definition) is 2. The molecule has 0 radical (unpaired) electrons. The van der Waals surface area contributed by atoms with Gasteiger partial charge in [-0.05, 0) is 28.5 Å². The second-order valence-electron chi connectivity index (χ2n) is 9.64. The van der Waals surface area contributed by atoms with Crippen molar-refractivity contribution in [2.75, 3.05) is 19.5 Å². The van der Waals surface area contributed by atoms with E-state index in [1.54, 1.807) is 6.07 Å². The maximum atomic E-state index is 12.7. The smallest absolute Gasteiger partial charge is 0.465 e. The lowest BCUT2D eigenvalue weighted by molar-refractivity contribution is -0.135. The summed E-state index contributed by atoms with van der Waals surface area (Å²) in [5.74, 6) is -0.746. The highest BCUT2D eigenvalue weighted by Gasteiger charge is 2.27. The number of rotatable bonds is 8. The van der Waals surface area contributed by atoms with Gasteiger partial charge in [-0.1, -0.05) is 60.8 Å². The Morgan fingerprint density at radius 3 is 1.94 bits per heavy atom. The summed E-state index contributed by atoms with van der Waals surface area (Å²) in [6.45, 7) is 19.3. The number of nitrogens with one attached hydrogen (secondary N) is 2. The molecule has 0 heterocycles. The number of hydrogen-bond acceptors (Lipinski definition) is 7. The van der Waals surface area contributed by atoms with E-state index in [0.29, 0.717) is 17.1 Å². The van der Waals surface area contributed by atoms with Crippen molar-refractivity contribution in [2.24, 2.45) is 0 Å². The fraction of sp³-hybridized carbons (Fsp3) is 0.370. The maximum absolute atomic E-state index is 12.7. The van der Waals surface area contributed by atoms with E-state index < -0.39 is 18.0 Å². The number of anilines is 1. The third-order valence-electron chi connectivity index (χ3n) is 4.93. The molecule has 190 valence electrons. The highest BCUT2D eigenvalue weighted by molar-refractivity contribution is 6.00. The van der Waals surface area contributed by atoms with Crippen LogP contribution in [0.25, 0.3) is 0 Å². The highest BCUT2D eigenvalue weighted by atomic mass is 16.7. The summed E-state index contributed by atoms with van der Waals surface area (Å²) >= 11 is 0. The van der Waals surface area contributed by atoms with Gasteiger partial charge in [-0.25, -0.2) is 9.59 Å².